The maximum atomic E-state index is 13.3. The number of fused-ring (bicyclic) bond motifs is 2. The maximum Gasteiger partial charge on any atom is 0.246 e. The van der Waals surface area contributed by atoms with Gasteiger partial charge >= 0.3 is 0 Å². The molecule has 0 radical (unpaired) electrons. The highest BCUT2D eigenvalue weighted by Crippen LogP contribution is 2.47. The largest absolute Gasteiger partial charge is 0.340 e. The van der Waals surface area contributed by atoms with Crippen LogP contribution in [0.4, 0.5) is 0 Å². The molecule has 3 aliphatic rings. The molecule has 0 spiro atoms. The number of aromatic nitrogens is 2. The van der Waals surface area contributed by atoms with Gasteiger partial charge in [-0.05, 0) is 31.9 Å². The van der Waals surface area contributed by atoms with Gasteiger partial charge in [0.25, 0.3) is 0 Å². The Kier molecular flexibility index (Phi) is 5.19. The fourth-order valence-electron chi connectivity index (χ4n) is 4.89. The van der Waals surface area contributed by atoms with Crippen molar-refractivity contribution in [2.45, 2.75) is 43.6 Å². The van der Waals surface area contributed by atoms with Crippen molar-refractivity contribution in [2.24, 2.45) is 0 Å². The Morgan fingerprint density at radius 1 is 1.27 bits per heavy atom. The van der Waals surface area contributed by atoms with Crippen molar-refractivity contribution < 1.29 is 9.59 Å². The van der Waals surface area contributed by atoms with Gasteiger partial charge in [-0.15, -0.1) is 11.8 Å². The summed E-state index contributed by atoms with van der Waals surface area (Å²) in [6.07, 6.45) is 6.22. The van der Waals surface area contributed by atoms with Gasteiger partial charge in [0.2, 0.25) is 11.8 Å². The van der Waals surface area contributed by atoms with Crippen molar-refractivity contribution in [1.29, 1.82) is 0 Å². The first-order chi connectivity index (χ1) is 14.4. The molecule has 9 heteroatoms. The van der Waals surface area contributed by atoms with E-state index in [0.29, 0.717) is 23.7 Å². The van der Waals surface area contributed by atoms with E-state index < -0.39 is 0 Å². The van der Waals surface area contributed by atoms with Crippen LogP contribution in [0.2, 0.25) is 5.02 Å². The molecule has 7 nitrogen and oxygen atoms in total. The lowest BCUT2D eigenvalue weighted by Gasteiger charge is -2.32. The number of imidazole rings is 1. The molecular weight excluding hydrogens is 422 g/mol. The topological polar surface area (TPSA) is 61.2 Å². The van der Waals surface area contributed by atoms with Crippen LogP contribution in [0.15, 0.2) is 24.5 Å². The molecule has 3 aliphatic heterocycles. The number of hydrogen-bond acceptors (Lipinski definition) is 5. The number of carbonyl (C=O) groups is 2. The Morgan fingerprint density at radius 3 is 3.00 bits per heavy atom. The molecule has 0 unspecified atom stereocenters. The molecule has 0 aliphatic carbocycles. The summed E-state index contributed by atoms with van der Waals surface area (Å²) in [7, 11) is 0. The Bertz CT molecular complexity index is 997. The quantitative estimate of drug-likeness (QED) is 0.723. The van der Waals surface area contributed by atoms with Crippen LogP contribution in [-0.2, 0) is 16.1 Å². The van der Waals surface area contributed by atoms with Crippen LogP contribution >= 0.6 is 23.4 Å². The second-order valence-electron chi connectivity index (χ2n) is 8.57. The third-order valence-corrected chi connectivity index (χ3v) is 8.21. The molecule has 3 saturated heterocycles. The number of thioether (sulfide) groups is 1. The van der Waals surface area contributed by atoms with Gasteiger partial charge in [0.1, 0.15) is 11.7 Å². The van der Waals surface area contributed by atoms with Gasteiger partial charge in [-0.3, -0.25) is 14.5 Å². The Hall–Kier alpha value is -1.77. The monoisotopic (exact) mass is 447 g/mol. The second-order valence-corrected chi connectivity index (χ2v) is 10.5. The molecule has 2 amide bonds. The standard InChI is InChI=1S/C21H26ClN5O2S/c1-21-6-5-19(28)27(21)17(14-30-21)20(29)25-8-2-7-24(9-10-25)12-16-13-26-11-15(22)3-4-18(26)23-16/h3-4,11,13,17H,2,5-10,12,14H2,1H3/t17-,21-/m1/s1. The van der Waals surface area contributed by atoms with Crippen molar-refractivity contribution in [2.75, 3.05) is 31.9 Å². The molecule has 0 saturated carbocycles. The van der Waals surface area contributed by atoms with Crippen LogP contribution < -0.4 is 0 Å². The molecule has 2 aromatic heterocycles. The first-order valence-corrected chi connectivity index (χ1v) is 11.9. The van der Waals surface area contributed by atoms with Crippen molar-refractivity contribution in [3.05, 3.63) is 35.2 Å². The lowest BCUT2D eigenvalue weighted by molar-refractivity contribution is -0.143. The Balaban J connectivity index is 1.23. The van der Waals surface area contributed by atoms with E-state index in [-0.39, 0.29) is 22.7 Å². The maximum absolute atomic E-state index is 13.3. The van der Waals surface area contributed by atoms with E-state index in [1.54, 1.807) is 11.8 Å². The highest BCUT2D eigenvalue weighted by molar-refractivity contribution is 8.01. The number of nitrogens with zero attached hydrogens (tertiary/aromatic N) is 5. The first kappa shape index (κ1) is 20.2. The summed E-state index contributed by atoms with van der Waals surface area (Å²) in [4.78, 5) is 36.3. The zero-order valence-corrected chi connectivity index (χ0v) is 18.7. The number of rotatable bonds is 3. The minimum absolute atomic E-state index is 0.116. The minimum atomic E-state index is -0.301. The van der Waals surface area contributed by atoms with Crippen molar-refractivity contribution >= 4 is 40.8 Å². The molecular formula is C21H26ClN5O2S. The minimum Gasteiger partial charge on any atom is -0.340 e. The van der Waals surface area contributed by atoms with Crippen LogP contribution in [-0.4, -0.2) is 78.7 Å². The predicted molar refractivity (Wildman–Crippen MR) is 117 cm³/mol. The molecule has 3 fully saturated rings. The smallest absolute Gasteiger partial charge is 0.246 e. The average Bonchev–Trinajstić information content (AvgIpc) is 3.29. The number of pyridine rings is 1. The van der Waals surface area contributed by atoms with E-state index in [0.717, 1.165) is 50.4 Å². The van der Waals surface area contributed by atoms with Crippen LogP contribution in [0, 0.1) is 0 Å². The summed E-state index contributed by atoms with van der Waals surface area (Å²) >= 11 is 7.83. The predicted octanol–water partition coefficient (Wildman–Crippen LogP) is 2.48. The summed E-state index contributed by atoms with van der Waals surface area (Å²) in [5.74, 6) is 0.959. The average molecular weight is 448 g/mol. The highest BCUT2D eigenvalue weighted by atomic mass is 35.5. The zero-order valence-electron chi connectivity index (χ0n) is 17.1. The number of halogens is 1. The van der Waals surface area contributed by atoms with Crippen LogP contribution in [0.3, 0.4) is 0 Å². The fourth-order valence-corrected chi connectivity index (χ4v) is 6.48. The lowest BCUT2D eigenvalue weighted by atomic mass is 10.2. The zero-order chi connectivity index (χ0) is 20.9. The van der Waals surface area contributed by atoms with E-state index in [1.807, 2.05) is 38.7 Å². The number of carbonyl (C=O) groups excluding carboxylic acids is 2. The van der Waals surface area contributed by atoms with Gasteiger partial charge in [0.15, 0.2) is 0 Å². The summed E-state index contributed by atoms with van der Waals surface area (Å²) in [6, 6.07) is 3.46. The van der Waals surface area contributed by atoms with Gasteiger partial charge in [-0.2, -0.15) is 0 Å². The molecule has 160 valence electrons. The molecule has 0 bridgehead atoms. The molecule has 5 heterocycles. The lowest BCUT2D eigenvalue weighted by Crippen LogP contribution is -2.52. The van der Waals surface area contributed by atoms with E-state index in [4.69, 9.17) is 11.6 Å². The van der Waals surface area contributed by atoms with Crippen LogP contribution in [0.25, 0.3) is 5.65 Å². The Morgan fingerprint density at radius 2 is 2.13 bits per heavy atom. The second kappa shape index (κ2) is 7.73. The highest BCUT2D eigenvalue weighted by Gasteiger charge is 2.53. The summed E-state index contributed by atoms with van der Waals surface area (Å²) in [5, 5.41) is 0.688. The van der Waals surface area contributed by atoms with Gasteiger partial charge in [0, 0.05) is 57.3 Å². The molecule has 5 rings (SSSR count). The van der Waals surface area contributed by atoms with Crippen molar-refractivity contribution in [3.8, 4) is 0 Å². The van der Waals surface area contributed by atoms with E-state index in [9.17, 15) is 9.59 Å². The van der Waals surface area contributed by atoms with E-state index >= 15 is 0 Å². The Labute approximate surface area is 185 Å². The fraction of sp³-hybridized carbons (Fsp3) is 0.571. The van der Waals surface area contributed by atoms with Gasteiger partial charge in [-0.1, -0.05) is 11.6 Å². The molecule has 2 atom stereocenters. The SMILES string of the molecule is C[C@@]12CCC(=O)N1[C@@H](C(=O)N1CCCN(Cc3cn4cc(Cl)ccc4n3)CC1)CS2. The molecule has 30 heavy (non-hydrogen) atoms. The molecule has 0 aromatic carbocycles. The summed E-state index contributed by atoms with van der Waals surface area (Å²) in [5.41, 5.74) is 1.89. The van der Waals surface area contributed by atoms with Gasteiger partial charge in [-0.25, -0.2) is 4.98 Å². The van der Waals surface area contributed by atoms with Crippen molar-refractivity contribution in [1.82, 2.24) is 24.1 Å². The number of amides is 2. The van der Waals surface area contributed by atoms with Crippen LogP contribution in [0.5, 0.6) is 0 Å². The van der Waals surface area contributed by atoms with Crippen molar-refractivity contribution in [3.63, 3.8) is 0 Å². The van der Waals surface area contributed by atoms with Gasteiger partial charge in [0.05, 0.1) is 15.6 Å². The first-order valence-electron chi connectivity index (χ1n) is 10.5. The molecule has 2 aromatic rings. The summed E-state index contributed by atoms with van der Waals surface area (Å²) < 4.78 is 1.95. The number of hydrogen-bond donors (Lipinski definition) is 0. The molecule has 0 N–H and O–H groups in total. The van der Waals surface area contributed by atoms with E-state index in [1.165, 1.54) is 0 Å². The normalized spacial score (nSPS) is 27.7. The third-order valence-electron chi connectivity index (χ3n) is 6.48. The summed E-state index contributed by atoms with van der Waals surface area (Å²) in [6.45, 7) is 6.03. The van der Waals surface area contributed by atoms with Gasteiger partial charge < -0.3 is 14.2 Å². The van der Waals surface area contributed by atoms with E-state index in [2.05, 4.69) is 16.8 Å². The van der Waals surface area contributed by atoms with Crippen LogP contribution in [0.1, 0.15) is 31.9 Å². The third kappa shape index (κ3) is 3.59.